The van der Waals surface area contributed by atoms with Gasteiger partial charge in [0.05, 0.1) is 5.41 Å². The van der Waals surface area contributed by atoms with Gasteiger partial charge in [-0.15, -0.1) is 0 Å². The quantitative estimate of drug-likeness (QED) is 0.593. The van der Waals surface area contributed by atoms with E-state index in [-0.39, 0.29) is 23.4 Å². The van der Waals surface area contributed by atoms with Crippen LogP contribution < -0.4 is 11.1 Å². The van der Waals surface area contributed by atoms with Crippen LogP contribution in [0.2, 0.25) is 0 Å². The molecule has 1 aromatic rings. The summed E-state index contributed by atoms with van der Waals surface area (Å²) in [6.07, 6.45) is 0. The standard InChI is InChI=1S/C13H20N2O3/c1-8(15-7-13(2,3)12(14)18)10-6-9(16)4-5-11(10)17/h4-6,8,15-17H,7H2,1-3H3,(H2,14,18). The van der Waals surface area contributed by atoms with Gasteiger partial charge in [0.1, 0.15) is 11.5 Å². The van der Waals surface area contributed by atoms with Crippen molar-refractivity contribution in [1.82, 2.24) is 5.32 Å². The lowest BCUT2D eigenvalue weighted by Crippen LogP contribution is -2.41. The SMILES string of the molecule is CC(NCC(C)(C)C(N)=O)c1cc(O)ccc1O. The van der Waals surface area contributed by atoms with Gasteiger partial charge in [-0.2, -0.15) is 0 Å². The number of phenolic OH excluding ortho intramolecular Hbond substituents is 2. The zero-order valence-electron chi connectivity index (χ0n) is 10.9. The van der Waals surface area contributed by atoms with Gasteiger partial charge in [-0.3, -0.25) is 4.79 Å². The first kappa shape index (κ1) is 14.3. The van der Waals surface area contributed by atoms with Crippen molar-refractivity contribution in [2.75, 3.05) is 6.54 Å². The van der Waals surface area contributed by atoms with E-state index < -0.39 is 5.41 Å². The number of hydrogen-bond acceptors (Lipinski definition) is 4. The molecule has 0 aliphatic heterocycles. The lowest BCUT2D eigenvalue weighted by atomic mass is 9.92. The summed E-state index contributed by atoms with van der Waals surface area (Å²) in [5.74, 6) is -0.197. The molecule has 5 heteroatoms. The highest BCUT2D eigenvalue weighted by molar-refractivity contribution is 5.80. The molecule has 5 N–H and O–H groups in total. The van der Waals surface area contributed by atoms with Crippen molar-refractivity contribution in [2.24, 2.45) is 11.1 Å². The first-order chi connectivity index (χ1) is 8.24. The van der Waals surface area contributed by atoms with Gasteiger partial charge >= 0.3 is 0 Å². The average molecular weight is 252 g/mol. The van der Waals surface area contributed by atoms with E-state index >= 15 is 0 Å². The van der Waals surface area contributed by atoms with Crippen LogP contribution >= 0.6 is 0 Å². The molecule has 0 bridgehead atoms. The molecule has 18 heavy (non-hydrogen) atoms. The van der Waals surface area contributed by atoms with E-state index in [1.54, 1.807) is 13.8 Å². The van der Waals surface area contributed by atoms with Crippen LogP contribution in [0.3, 0.4) is 0 Å². The lowest BCUT2D eigenvalue weighted by molar-refractivity contribution is -0.125. The molecule has 0 heterocycles. The monoisotopic (exact) mass is 252 g/mol. The van der Waals surface area contributed by atoms with Crippen LogP contribution in [0.15, 0.2) is 18.2 Å². The fraction of sp³-hybridized carbons (Fsp3) is 0.462. The van der Waals surface area contributed by atoms with Crippen molar-refractivity contribution in [2.45, 2.75) is 26.8 Å². The number of phenols is 2. The third-order valence-corrected chi connectivity index (χ3v) is 2.99. The third kappa shape index (κ3) is 3.37. The van der Waals surface area contributed by atoms with Crippen LogP contribution in [0.1, 0.15) is 32.4 Å². The Kier molecular flexibility index (Phi) is 4.19. The van der Waals surface area contributed by atoms with Gasteiger partial charge in [0, 0.05) is 18.2 Å². The summed E-state index contributed by atoms with van der Waals surface area (Å²) in [6, 6.07) is 4.14. The van der Waals surface area contributed by atoms with E-state index in [9.17, 15) is 15.0 Å². The molecule has 0 aliphatic rings. The van der Waals surface area contributed by atoms with Crippen LogP contribution in [0, 0.1) is 5.41 Å². The molecule has 1 unspecified atom stereocenters. The number of benzene rings is 1. The van der Waals surface area contributed by atoms with E-state index in [1.807, 2.05) is 6.92 Å². The predicted octanol–water partition coefficient (Wildman–Crippen LogP) is 1.26. The average Bonchev–Trinajstić information content (AvgIpc) is 2.29. The molecular weight excluding hydrogens is 232 g/mol. The molecule has 100 valence electrons. The van der Waals surface area contributed by atoms with E-state index in [0.29, 0.717) is 12.1 Å². The Hall–Kier alpha value is -1.75. The van der Waals surface area contributed by atoms with Gasteiger partial charge in [0.25, 0.3) is 0 Å². The van der Waals surface area contributed by atoms with Crippen molar-refractivity contribution >= 4 is 5.91 Å². The van der Waals surface area contributed by atoms with Crippen molar-refractivity contribution in [3.05, 3.63) is 23.8 Å². The molecule has 5 nitrogen and oxygen atoms in total. The van der Waals surface area contributed by atoms with Gasteiger partial charge < -0.3 is 21.3 Å². The number of amides is 1. The first-order valence-electron chi connectivity index (χ1n) is 5.79. The summed E-state index contributed by atoms with van der Waals surface area (Å²) in [4.78, 5) is 11.2. The van der Waals surface area contributed by atoms with Gasteiger partial charge in [-0.05, 0) is 39.0 Å². The third-order valence-electron chi connectivity index (χ3n) is 2.99. The minimum absolute atomic E-state index is 0.0885. The van der Waals surface area contributed by atoms with Gasteiger partial charge in [0.2, 0.25) is 5.91 Å². The zero-order chi connectivity index (χ0) is 13.9. The van der Waals surface area contributed by atoms with Crippen LogP contribution in [0.5, 0.6) is 11.5 Å². The van der Waals surface area contributed by atoms with Crippen molar-refractivity contribution in [3.63, 3.8) is 0 Å². The molecule has 0 aromatic heterocycles. The van der Waals surface area contributed by atoms with Crippen molar-refractivity contribution in [1.29, 1.82) is 0 Å². The molecule has 0 spiro atoms. The molecule has 1 amide bonds. The van der Waals surface area contributed by atoms with Crippen LogP contribution in [0.4, 0.5) is 0 Å². The van der Waals surface area contributed by atoms with Crippen LogP contribution in [-0.2, 0) is 4.79 Å². The summed E-state index contributed by atoms with van der Waals surface area (Å²) in [6.45, 7) is 5.72. The Labute approximate surface area is 107 Å². The zero-order valence-corrected chi connectivity index (χ0v) is 10.9. The summed E-state index contributed by atoms with van der Waals surface area (Å²) in [5, 5.41) is 22.2. The van der Waals surface area contributed by atoms with Gasteiger partial charge in [0.15, 0.2) is 0 Å². The van der Waals surface area contributed by atoms with E-state index in [2.05, 4.69) is 5.32 Å². The number of carbonyl (C=O) groups is 1. The number of primary amides is 1. The number of rotatable bonds is 5. The second-order valence-electron chi connectivity index (χ2n) is 5.09. The Morgan fingerprint density at radius 2 is 2.06 bits per heavy atom. The Bertz CT molecular complexity index is 444. The number of hydrogen-bond donors (Lipinski definition) is 4. The van der Waals surface area contributed by atoms with Crippen LogP contribution in [-0.4, -0.2) is 22.7 Å². The topological polar surface area (TPSA) is 95.6 Å². The molecule has 0 saturated carbocycles. The molecule has 0 fully saturated rings. The van der Waals surface area contributed by atoms with E-state index in [4.69, 9.17) is 5.73 Å². The van der Waals surface area contributed by atoms with Crippen molar-refractivity contribution < 1.29 is 15.0 Å². The first-order valence-corrected chi connectivity index (χ1v) is 5.79. The minimum atomic E-state index is -0.666. The van der Waals surface area contributed by atoms with Crippen LogP contribution in [0.25, 0.3) is 0 Å². The Morgan fingerprint density at radius 3 is 2.61 bits per heavy atom. The maximum absolute atomic E-state index is 11.2. The highest BCUT2D eigenvalue weighted by atomic mass is 16.3. The lowest BCUT2D eigenvalue weighted by Gasteiger charge is -2.24. The van der Waals surface area contributed by atoms with E-state index in [1.165, 1.54) is 18.2 Å². The Balaban J connectivity index is 2.74. The maximum atomic E-state index is 11.2. The normalized spacial score (nSPS) is 13.3. The largest absolute Gasteiger partial charge is 0.508 e. The maximum Gasteiger partial charge on any atom is 0.224 e. The summed E-state index contributed by atoms with van der Waals surface area (Å²) in [5.41, 5.74) is 5.19. The number of nitrogens with two attached hydrogens (primary N) is 1. The van der Waals surface area contributed by atoms with Gasteiger partial charge in [-0.25, -0.2) is 0 Å². The number of carbonyl (C=O) groups excluding carboxylic acids is 1. The van der Waals surface area contributed by atoms with Crippen molar-refractivity contribution in [3.8, 4) is 11.5 Å². The molecule has 0 aliphatic carbocycles. The summed E-state index contributed by atoms with van der Waals surface area (Å²) in [7, 11) is 0. The summed E-state index contributed by atoms with van der Waals surface area (Å²) < 4.78 is 0. The van der Waals surface area contributed by atoms with E-state index in [0.717, 1.165) is 0 Å². The molecule has 0 saturated heterocycles. The molecule has 1 atom stereocenters. The van der Waals surface area contributed by atoms with Gasteiger partial charge in [-0.1, -0.05) is 0 Å². The molecule has 1 rings (SSSR count). The number of nitrogens with one attached hydrogen (secondary N) is 1. The fourth-order valence-corrected chi connectivity index (χ4v) is 1.49. The number of aromatic hydroxyl groups is 2. The predicted molar refractivity (Wildman–Crippen MR) is 69.2 cm³/mol. The molecule has 1 aromatic carbocycles. The highest BCUT2D eigenvalue weighted by Gasteiger charge is 2.25. The smallest absolute Gasteiger partial charge is 0.224 e. The summed E-state index contributed by atoms with van der Waals surface area (Å²) >= 11 is 0. The Morgan fingerprint density at radius 1 is 1.44 bits per heavy atom. The molecule has 0 radical (unpaired) electrons. The second-order valence-corrected chi connectivity index (χ2v) is 5.09. The second kappa shape index (κ2) is 5.27. The molecular formula is C13H20N2O3. The minimum Gasteiger partial charge on any atom is -0.508 e. The highest BCUT2D eigenvalue weighted by Crippen LogP contribution is 2.28. The fourth-order valence-electron chi connectivity index (χ4n) is 1.49.